The van der Waals surface area contributed by atoms with E-state index in [0.29, 0.717) is 12.1 Å². The molecule has 88 valence electrons. The molecular formula is C13H18BrNO. The predicted octanol–water partition coefficient (Wildman–Crippen LogP) is 3.20. The third kappa shape index (κ3) is 2.58. The lowest BCUT2D eigenvalue weighted by molar-refractivity contribution is 0.0344. The molecule has 0 aliphatic carbocycles. The zero-order valence-electron chi connectivity index (χ0n) is 9.82. The molecule has 1 saturated heterocycles. The number of nitrogens with zero attached hydrogens (tertiary/aromatic N) is 1. The largest absolute Gasteiger partial charge is 0.375 e. The van der Waals surface area contributed by atoms with Gasteiger partial charge >= 0.3 is 0 Å². The molecule has 3 heteroatoms. The summed E-state index contributed by atoms with van der Waals surface area (Å²) in [6, 6.07) is 9.22. The fourth-order valence-electron chi connectivity index (χ4n) is 2.04. The molecule has 16 heavy (non-hydrogen) atoms. The van der Waals surface area contributed by atoms with Crippen LogP contribution in [0, 0.1) is 0 Å². The quantitative estimate of drug-likeness (QED) is 0.773. The average Bonchev–Trinajstić information content (AvgIpc) is 2.32. The van der Waals surface area contributed by atoms with Crippen molar-refractivity contribution in [3.63, 3.8) is 0 Å². The van der Waals surface area contributed by atoms with Crippen molar-refractivity contribution in [3.8, 4) is 0 Å². The van der Waals surface area contributed by atoms with Crippen LogP contribution in [0.2, 0.25) is 0 Å². The molecule has 2 unspecified atom stereocenters. The molecule has 0 N–H and O–H groups in total. The topological polar surface area (TPSA) is 12.5 Å². The van der Waals surface area contributed by atoms with Crippen LogP contribution in [0.5, 0.6) is 0 Å². The number of alkyl halides is 1. The number of rotatable bonds is 2. The highest BCUT2D eigenvalue weighted by molar-refractivity contribution is 9.08. The fraction of sp³-hybridized carbons (Fsp3) is 0.538. The second-order valence-electron chi connectivity index (χ2n) is 4.45. The van der Waals surface area contributed by atoms with Crippen molar-refractivity contribution < 1.29 is 4.74 Å². The molecule has 0 radical (unpaired) electrons. The number of morpholine rings is 1. The van der Waals surface area contributed by atoms with E-state index in [0.717, 1.165) is 18.5 Å². The first kappa shape index (κ1) is 11.9. The normalized spacial score (nSPS) is 25.8. The summed E-state index contributed by atoms with van der Waals surface area (Å²) in [5.41, 5.74) is 2.62. The van der Waals surface area contributed by atoms with Crippen LogP contribution in [0.25, 0.3) is 0 Å². The molecule has 0 aromatic heterocycles. The zero-order valence-corrected chi connectivity index (χ0v) is 11.4. The van der Waals surface area contributed by atoms with Crippen LogP contribution in [0.1, 0.15) is 19.4 Å². The Hall–Kier alpha value is -0.540. The van der Waals surface area contributed by atoms with Crippen molar-refractivity contribution in [2.75, 3.05) is 18.1 Å². The van der Waals surface area contributed by atoms with Gasteiger partial charge in [0.25, 0.3) is 0 Å². The standard InChI is InChI=1S/C13H18BrNO/c1-10-9-16-11(2)8-15(10)13-5-3-12(7-14)4-6-13/h3-6,10-11H,7-9H2,1-2H3. The summed E-state index contributed by atoms with van der Waals surface area (Å²) in [4.78, 5) is 2.42. The van der Waals surface area contributed by atoms with Crippen molar-refractivity contribution in [1.82, 2.24) is 0 Å². The van der Waals surface area contributed by atoms with Crippen LogP contribution >= 0.6 is 15.9 Å². The van der Waals surface area contributed by atoms with E-state index in [-0.39, 0.29) is 0 Å². The first-order valence-corrected chi connectivity index (χ1v) is 6.86. The summed E-state index contributed by atoms with van der Waals surface area (Å²) in [6.07, 6.45) is 0.326. The molecular weight excluding hydrogens is 266 g/mol. The Bertz CT molecular complexity index is 338. The Morgan fingerprint density at radius 3 is 2.62 bits per heavy atom. The minimum absolute atomic E-state index is 0.326. The van der Waals surface area contributed by atoms with E-state index in [2.05, 4.69) is 58.9 Å². The van der Waals surface area contributed by atoms with E-state index in [1.165, 1.54) is 11.3 Å². The van der Waals surface area contributed by atoms with Crippen LogP contribution in [0.3, 0.4) is 0 Å². The van der Waals surface area contributed by atoms with Crippen LogP contribution in [-0.2, 0) is 10.1 Å². The molecule has 1 heterocycles. The number of benzene rings is 1. The van der Waals surface area contributed by atoms with Crippen molar-refractivity contribution in [3.05, 3.63) is 29.8 Å². The van der Waals surface area contributed by atoms with E-state index in [1.807, 2.05) is 0 Å². The lowest BCUT2D eigenvalue weighted by atomic mass is 10.1. The molecule has 0 spiro atoms. The highest BCUT2D eigenvalue weighted by Crippen LogP contribution is 2.22. The Balaban J connectivity index is 2.15. The second-order valence-corrected chi connectivity index (χ2v) is 5.01. The number of anilines is 1. The molecule has 0 saturated carbocycles. The van der Waals surface area contributed by atoms with Crippen LogP contribution in [-0.4, -0.2) is 25.3 Å². The van der Waals surface area contributed by atoms with Gasteiger partial charge in [-0.1, -0.05) is 28.1 Å². The molecule has 2 nitrogen and oxygen atoms in total. The summed E-state index contributed by atoms with van der Waals surface area (Å²) in [5, 5.41) is 0.919. The molecule has 0 amide bonds. The van der Waals surface area contributed by atoms with Gasteiger partial charge in [0.2, 0.25) is 0 Å². The smallest absolute Gasteiger partial charge is 0.0723 e. The first-order chi connectivity index (χ1) is 7.70. The molecule has 2 atom stereocenters. The second kappa shape index (κ2) is 5.19. The molecule has 1 aromatic carbocycles. The lowest BCUT2D eigenvalue weighted by Crippen LogP contribution is -2.47. The monoisotopic (exact) mass is 283 g/mol. The van der Waals surface area contributed by atoms with E-state index in [9.17, 15) is 0 Å². The summed E-state index contributed by atoms with van der Waals surface area (Å²) in [5.74, 6) is 0. The fourth-order valence-corrected chi connectivity index (χ4v) is 2.41. The first-order valence-electron chi connectivity index (χ1n) is 5.74. The average molecular weight is 284 g/mol. The number of hydrogen-bond donors (Lipinski definition) is 0. The van der Waals surface area contributed by atoms with Gasteiger partial charge in [-0.05, 0) is 31.5 Å². The molecule has 1 fully saturated rings. The van der Waals surface area contributed by atoms with E-state index in [4.69, 9.17) is 4.74 Å². The maximum Gasteiger partial charge on any atom is 0.0723 e. The lowest BCUT2D eigenvalue weighted by Gasteiger charge is -2.38. The molecule has 1 aliphatic heterocycles. The maximum atomic E-state index is 5.64. The van der Waals surface area contributed by atoms with Gasteiger partial charge in [-0.2, -0.15) is 0 Å². The van der Waals surface area contributed by atoms with Gasteiger partial charge in [-0.25, -0.2) is 0 Å². The SMILES string of the molecule is CC1CN(c2ccc(CBr)cc2)C(C)CO1. The third-order valence-corrected chi connectivity index (χ3v) is 3.68. The van der Waals surface area contributed by atoms with Gasteiger partial charge in [0.15, 0.2) is 0 Å². The Labute approximate surface area is 106 Å². The number of halogens is 1. The van der Waals surface area contributed by atoms with Crippen molar-refractivity contribution in [2.24, 2.45) is 0 Å². The third-order valence-electron chi connectivity index (χ3n) is 3.03. The Morgan fingerprint density at radius 2 is 2.00 bits per heavy atom. The number of hydrogen-bond acceptors (Lipinski definition) is 2. The molecule has 0 bridgehead atoms. The summed E-state index contributed by atoms with van der Waals surface area (Å²) in [6.45, 7) is 6.15. The van der Waals surface area contributed by atoms with Crippen molar-refractivity contribution >= 4 is 21.6 Å². The van der Waals surface area contributed by atoms with Crippen LogP contribution < -0.4 is 4.90 Å². The molecule has 1 aromatic rings. The molecule has 1 aliphatic rings. The van der Waals surface area contributed by atoms with Crippen molar-refractivity contribution in [2.45, 2.75) is 31.3 Å². The highest BCUT2D eigenvalue weighted by Gasteiger charge is 2.23. The summed E-state index contributed by atoms with van der Waals surface area (Å²) < 4.78 is 5.64. The van der Waals surface area contributed by atoms with Gasteiger partial charge < -0.3 is 9.64 Å². The molecule has 2 rings (SSSR count). The number of ether oxygens (including phenoxy) is 1. The zero-order chi connectivity index (χ0) is 11.5. The Morgan fingerprint density at radius 1 is 1.31 bits per heavy atom. The van der Waals surface area contributed by atoms with Gasteiger partial charge in [0.1, 0.15) is 0 Å². The Kier molecular flexibility index (Phi) is 3.87. The van der Waals surface area contributed by atoms with Gasteiger partial charge in [0, 0.05) is 23.6 Å². The minimum Gasteiger partial charge on any atom is -0.375 e. The van der Waals surface area contributed by atoms with Crippen LogP contribution in [0.4, 0.5) is 5.69 Å². The minimum atomic E-state index is 0.326. The van der Waals surface area contributed by atoms with Gasteiger partial charge in [0.05, 0.1) is 12.7 Å². The van der Waals surface area contributed by atoms with Gasteiger partial charge in [-0.15, -0.1) is 0 Å². The van der Waals surface area contributed by atoms with E-state index in [1.54, 1.807) is 0 Å². The highest BCUT2D eigenvalue weighted by atomic mass is 79.9. The van der Waals surface area contributed by atoms with E-state index < -0.39 is 0 Å². The summed E-state index contributed by atoms with van der Waals surface area (Å²) in [7, 11) is 0. The maximum absolute atomic E-state index is 5.64. The van der Waals surface area contributed by atoms with E-state index >= 15 is 0 Å². The predicted molar refractivity (Wildman–Crippen MR) is 71.3 cm³/mol. The van der Waals surface area contributed by atoms with Crippen molar-refractivity contribution in [1.29, 1.82) is 0 Å². The van der Waals surface area contributed by atoms with Crippen LogP contribution in [0.15, 0.2) is 24.3 Å². The summed E-state index contributed by atoms with van der Waals surface area (Å²) >= 11 is 3.47. The van der Waals surface area contributed by atoms with Gasteiger partial charge in [-0.3, -0.25) is 0 Å².